The standard InChI is InChI=1S/C26H21ClN6O2/c1-28-18-12-17-8-10-31-15-21(25(34)30(2)20(13-18)23(17)31)32-11-9-19-22(26(32)35)29-33(24(19)27)14-16-6-4-3-5-7-16/h3-8,10,12-13,21H,9,11,14-15H2,2H3/t21-/m0/s1. The van der Waals surface area contributed by atoms with Crippen molar-refractivity contribution < 1.29 is 9.59 Å². The summed E-state index contributed by atoms with van der Waals surface area (Å²) in [4.78, 5) is 34.0. The average molecular weight is 485 g/mol. The number of amides is 2. The molecule has 4 heterocycles. The van der Waals surface area contributed by atoms with Gasteiger partial charge in [-0.25, -0.2) is 9.53 Å². The molecule has 2 aliphatic heterocycles. The van der Waals surface area contributed by atoms with Crippen LogP contribution in [0.4, 0.5) is 11.4 Å². The van der Waals surface area contributed by atoms with E-state index in [1.165, 1.54) is 0 Å². The van der Waals surface area contributed by atoms with E-state index in [9.17, 15) is 9.59 Å². The Bertz CT molecular complexity index is 1550. The van der Waals surface area contributed by atoms with Crippen molar-refractivity contribution in [3.63, 3.8) is 0 Å². The number of likely N-dealkylation sites (N-methyl/N-ethyl adjacent to an activating group) is 1. The molecule has 6 rings (SSSR count). The smallest absolute Gasteiger partial charge is 0.275 e. The number of halogens is 1. The maximum atomic E-state index is 13.6. The SMILES string of the molecule is [C-]#[N+]c1cc2c3c(ccn3C[C@H](N3CCc4c(nn(Cc5ccccc5)c4Cl)C3=O)C(=O)N2C)c1. The zero-order valence-electron chi connectivity index (χ0n) is 19.0. The summed E-state index contributed by atoms with van der Waals surface area (Å²) < 4.78 is 3.65. The maximum Gasteiger partial charge on any atom is 0.275 e. The van der Waals surface area contributed by atoms with Crippen LogP contribution in [0.5, 0.6) is 0 Å². The number of hydrogen-bond donors (Lipinski definition) is 0. The van der Waals surface area contributed by atoms with E-state index in [1.807, 2.05) is 53.2 Å². The Kier molecular flexibility index (Phi) is 4.90. The number of benzene rings is 2. The Morgan fingerprint density at radius 2 is 1.97 bits per heavy atom. The Labute approximate surface area is 206 Å². The van der Waals surface area contributed by atoms with E-state index in [1.54, 1.807) is 27.6 Å². The van der Waals surface area contributed by atoms with Gasteiger partial charge in [-0.1, -0.05) is 41.9 Å². The molecule has 2 aromatic heterocycles. The van der Waals surface area contributed by atoms with Crippen LogP contribution in [0, 0.1) is 6.57 Å². The van der Waals surface area contributed by atoms with Gasteiger partial charge in [0.25, 0.3) is 11.8 Å². The van der Waals surface area contributed by atoms with E-state index >= 15 is 0 Å². The van der Waals surface area contributed by atoms with Crippen LogP contribution in [-0.4, -0.2) is 50.7 Å². The summed E-state index contributed by atoms with van der Waals surface area (Å²) >= 11 is 6.62. The molecule has 4 aromatic rings. The lowest BCUT2D eigenvalue weighted by Crippen LogP contribution is -2.53. The molecule has 0 spiro atoms. The molecule has 0 N–H and O–H groups in total. The first-order valence-corrected chi connectivity index (χ1v) is 11.7. The first-order valence-electron chi connectivity index (χ1n) is 11.3. The number of carbonyl (C=O) groups excluding carboxylic acids is 2. The molecule has 174 valence electrons. The van der Waals surface area contributed by atoms with Gasteiger partial charge in [-0.15, -0.1) is 0 Å². The maximum absolute atomic E-state index is 13.6. The number of carbonyl (C=O) groups is 2. The second kappa shape index (κ2) is 8.00. The summed E-state index contributed by atoms with van der Waals surface area (Å²) in [6, 6.07) is 14.6. The monoisotopic (exact) mass is 484 g/mol. The molecule has 1 atom stereocenters. The summed E-state index contributed by atoms with van der Waals surface area (Å²) in [6.07, 6.45) is 2.44. The van der Waals surface area contributed by atoms with Crippen LogP contribution in [0.3, 0.4) is 0 Å². The summed E-state index contributed by atoms with van der Waals surface area (Å²) in [7, 11) is 1.70. The van der Waals surface area contributed by atoms with Crippen LogP contribution in [0.1, 0.15) is 21.6 Å². The predicted molar refractivity (Wildman–Crippen MR) is 133 cm³/mol. The third-order valence-electron chi connectivity index (χ3n) is 6.90. The largest absolute Gasteiger partial charge is 0.343 e. The highest BCUT2D eigenvalue weighted by Gasteiger charge is 2.40. The fraction of sp³-hybridized carbons (Fsp3) is 0.231. The van der Waals surface area contributed by atoms with Gasteiger partial charge in [0.2, 0.25) is 0 Å². The zero-order chi connectivity index (χ0) is 24.3. The molecule has 2 amide bonds. The molecule has 0 saturated heterocycles. The van der Waals surface area contributed by atoms with Gasteiger partial charge in [0, 0.05) is 25.4 Å². The molecule has 0 fully saturated rings. The van der Waals surface area contributed by atoms with Crippen molar-refractivity contribution in [3.05, 3.63) is 88.1 Å². The van der Waals surface area contributed by atoms with Crippen LogP contribution in [-0.2, 0) is 24.3 Å². The minimum Gasteiger partial charge on any atom is -0.343 e. The first-order chi connectivity index (χ1) is 17.0. The van der Waals surface area contributed by atoms with Crippen molar-refractivity contribution in [1.29, 1.82) is 0 Å². The Morgan fingerprint density at radius 3 is 2.74 bits per heavy atom. The third kappa shape index (κ3) is 3.31. The minimum absolute atomic E-state index is 0.191. The quantitative estimate of drug-likeness (QED) is 0.410. The second-order valence-corrected chi connectivity index (χ2v) is 9.26. The lowest BCUT2D eigenvalue weighted by Gasteiger charge is -2.34. The minimum atomic E-state index is -0.696. The highest BCUT2D eigenvalue weighted by molar-refractivity contribution is 6.31. The summed E-state index contributed by atoms with van der Waals surface area (Å²) in [5.74, 6) is -0.480. The van der Waals surface area contributed by atoms with Gasteiger partial charge in [0.05, 0.1) is 30.9 Å². The molecule has 0 bridgehead atoms. The molecule has 8 nitrogen and oxygen atoms in total. The second-order valence-electron chi connectivity index (χ2n) is 8.91. The Morgan fingerprint density at radius 1 is 1.17 bits per heavy atom. The van der Waals surface area contributed by atoms with Gasteiger partial charge in [-0.05, 0) is 35.6 Å². The van der Waals surface area contributed by atoms with Crippen molar-refractivity contribution in [2.45, 2.75) is 25.6 Å². The van der Waals surface area contributed by atoms with Gasteiger partial charge in [-0.3, -0.25) is 9.59 Å². The highest BCUT2D eigenvalue weighted by Crippen LogP contribution is 2.36. The van der Waals surface area contributed by atoms with Crippen LogP contribution >= 0.6 is 11.6 Å². The van der Waals surface area contributed by atoms with E-state index in [4.69, 9.17) is 18.2 Å². The molecule has 0 aliphatic carbocycles. The molecule has 2 aliphatic rings. The van der Waals surface area contributed by atoms with Gasteiger partial charge in [-0.2, -0.15) is 5.10 Å². The molecule has 2 aromatic carbocycles. The van der Waals surface area contributed by atoms with Crippen molar-refractivity contribution in [2.24, 2.45) is 0 Å². The van der Waals surface area contributed by atoms with Crippen LogP contribution < -0.4 is 4.90 Å². The summed E-state index contributed by atoms with van der Waals surface area (Å²) in [5, 5.41) is 5.92. The number of rotatable bonds is 3. The number of aromatic nitrogens is 3. The first kappa shape index (κ1) is 21.4. The topological polar surface area (TPSA) is 67.7 Å². The van der Waals surface area contributed by atoms with Crippen molar-refractivity contribution in [3.8, 4) is 0 Å². The summed E-state index contributed by atoms with van der Waals surface area (Å²) in [5.41, 5.74) is 4.10. The molecular formula is C26H21ClN6O2. The van der Waals surface area contributed by atoms with Gasteiger partial charge in [0.1, 0.15) is 11.2 Å². The number of fused-ring (bicyclic) bond motifs is 1. The molecule has 9 heteroatoms. The van der Waals surface area contributed by atoms with E-state index in [0.29, 0.717) is 48.3 Å². The van der Waals surface area contributed by atoms with Gasteiger partial charge in [0.15, 0.2) is 11.4 Å². The predicted octanol–water partition coefficient (Wildman–Crippen LogP) is 4.13. The van der Waals surface area contributed by atoms with Gasteiger partial charge < -0.3 is 14.4 Å². The zero-order valence-corrected chi connectivity index (χ0v) is 19.7. The van der Waals surface area contributed by atoms with E-state index in [2.05, 4.69) is 9.94 Å². The number of nitrogens with zero attached hydrogens (tertiary/aromatic N) is 6. The summed E-state index contributed by atoms with van der Waals surface area (Å²) in [6.45, 7) is 8.58. The number of hydrogen-bond acceptors (Lipinski definition) is 3. The average Bonchev–Trinajstić information content (AvgIpc) is 3.40. The third-order valence-corrected chi connectivity index (χ3v) is 7.32. The van der Waals surface area contributed by atoms with Crippen LogP contribution in [0.25, 0.3) is 15.7 Å². The van der Waals surface area contributed by atoms with Crippen LogP contribution in [0.2, 0.25) is 5.15 Å². The molecule has 0 unspecified atom stereocenters. The molecule has 0 radical (unpaired) electrons. The van der Waals surface area contributed by atoms with Crippen molar-refractivity contribution in [1.82, 2.24) is 19.2 Å². The molecule has 0 saturated carbocycles. The Hall–Kier alpha value is -4.09. The fourth-order valence-corrected chi connectivity index (χ4v) is 5.40. The highest BCUT2D eigenvalue weighted by atomic mass is 35.5. The van der Waals surface area contributed by atoms with Crippen LogP contribution in [0.15, 0.2) is 54.7 Å². The molecule has 35 heavy (non-hydrogen) atoms. The number of anilines is 1. The van der Waals surface area contributed by atoms with Crippen molar-refractivity contribution >= 4 is 45.7 Å². The van der Waals surface area contributed by atoms with Crippen molar-refractivity contribution in [2.75, 3.05) is 18.5 Å². The fourth-order valence-electron chi connectivity index (χ4n) is 5.12. The van der Waals surface area contributed by atoms with E-state index in [-0.39, 0.29) is 11.8 Å². The normalized spacial score (nSPS) is 17.5. The molecular weight excluding hydrogens is 464 g/mol. The lowest BCUT2D eigenvalue weighted by molar-refractivity contribution is -0.123. The van der Waals surface area contributed by atoms with E-state index in [0.717, 1.165) is 22.0 Å². The lowest BCUT2D eigenvalue weighted by atomic mass is 10.0. The Balaban J connectivity index is 1.35. The van der Waals surface area contributed by atoms with E-state index < -0.39 is 6.04 Å². The van der Waals surface area contributed by atoms with Gasteiger partial charge >= 0.3 is 0 Å².